The lowest BCUT2D eigenvalue weighted by Gasteiger charge is -2.24. The molecule has 0 aliphatic rings. The zero-order chi connectivity index (χ0) is 20.8. The maximum Gasteiger partial charge on any atom is 0.279 e. The lowest BCUT2D eigenvalue weighted by Crippen LogP contribution is -3.11. The molecule has 0 saturated carbocycles. The van der Waals surface area contributed by atoms with Crippen LogP contribution < -0.4 is 15.5 Å². The van der Waals surface area contributed by atoms with Gasteiger partial charge in [-0.25, -0.2) is 0 Å². The van der Waals surface area contributed by atoms with Crippen LogP contribution in [0.15, 0.2) is 18.2 Å². The second-order valence-corrected chi connectivity index (χ2v) is 8.35. The Hall–Kier alpha value is -1.83. The van der Waals surface area contributed by atoms with Crippen molar-refractivity contribution in [1.29, 1.82) is 0 Å². The summed E-state index contributed by atoms with van der Waals surface area (Å²) >= 11 is 11.8. The third-order valence-corrected chi connectivity index (χ3v) is 4.18. The highest BCUT2D eigenvalue weighted by Crippen LogP contribution is 2.24. The minimum absolute atomic E-state index is 0.0289. The van der Waals surface area contributed by atoms with Gasteiger partial charge in [0.05, 0.1) is 23.6 Å². The van der Waals surface area contributed by atoms with Crippen molar-refractivity contribution in [3.8, 4) is 0 Å². The van der Waals surface area contributed by atoms with Crippen molar-refractivity contribution in [2.24, 2.45) is 0 Å². The molecule has 0 saturated heterocycles. The maximum absolute atomic E-state index is 12.2. The highest BCUT2D eigenvalue weighted by Gasteiger charge is 2.21. The van der Waals surface area contributed by atoms with Crippen LogP contribution in [0.4, 0.5) is 5.69 Å². The smallest absolute Gasteiger partial charge is 0.279 e. The number of anilines is 1. The van der Waals surface area contributed by atoms with Crippen molar-refractivity contribution in [3.63, 3.8) is 0 Å². The summed E-state index contributed by atoms with van der Waals surface area (Å²) in [6.45, 7) is 5.77. The summed E-state index contributed by atoms with van der Waals surface area (Å²) < 4.78 is 0. The summed E-state index contributed by atoms with van der Waals surface area (Å²) in [5, 5.41) is 6.26. The number of hydrogen-bond donors (Lipinski definition) is 3. The predicted octanol–water partition coefficient (Wildman–Crippen LogP) is 0.820. The standard InChI is InChI=1S/C18H26Cl2N4O3/c1-18(2,3)22-16(26)10-24(5)17(27)11-23(4)9-15(25)21-12-6-7-13(19)14(20)8-12/h6-8H,9-11H2,1-5H3,(H,21,25)(H,22,26)/p+1. The zero-order valence-corrected chi connectivity index (χ0v) is 17.8. The van der Waals surface area contributed by atoms with Crippen molar-refractivity contribution in [2.75, 3.05) is 39.0 Å². The van der Waals surface area contributed by atoms with E-state index in [1.807, 2.05) is 20.8 Å². The van der Waals surface area contributed by atoms with Crippen LogP contribution in [0.25, 0.3) is 0 Å². The molecule has 150 valence electrons. The number of nitrogens with one attached hydrogen (secondary N) is 3. The molecule has 27 heavy (non-hydrogen) atoms. The van der Waals surface area contributed by atoms with Gasteiger partial charge >= 0.3 is 0 Å². The fourth-order valence-electron chi connectivity index (χ4n) is 2.27. The average molecular weight is 418 g/mol. The number of hydrogen-bond acceptors (Lipinski definition) is 3. The highest BCUT2D eigenvalue weighted by molar-refractivity contribution is 6.42. The SMILES string of the molecule is CN(CC(=O)NC(C)(C)C)C(=O)C[NH+](C)CC(=O)Nc1ccc(Cl)c(Cl)c1. The molecule has 0 aliphatic heterocycles. The van der Waals surface area contributed by atoms with E-state index in [1.54, 1.807) is 32.3 Å². The minimum atomic E-state index is -0.355. The molecular formula is C18H27Cl2N4O3+. The normalized spacial score (nSPS) is 12.3. The molecule has 1 unspecified atom stereocenters. The van der Waals surface area contributed by atoms with Gasteiger partial charge in [-0.3, -0.25) is 14.4 Å². The molecule has 0 fully saturated rings. The summed E-state index contributed by atoms with van der Waals surface area (Å²) in [7, 11) is 3.29. The second kappa shape index (κ2) is 9.92. The van der Waals surface area contributed by atoms with E-state index in [4.69, 9.17) is 23.2 Å². The second-order valence-electron chi connectivity index (χ2n) is 7.54. The van der Waals surface area contributed by atoms with Crippen LogP contribution >= 0.6 is 23.2 Å². The van der Waals surface area contributed by atoms with E-state index < -0.39 is 0 Å². The van der Waals surface area contributed by atoms with Gasteiger partial charge in [0.25, 0.3) is 11.8 Å². The lowest BCUT2D eigenvalue weighted by molar-refractivity contribution is -0.862. The van der Waals surface area contributed by atoms with Crippen LogP contribution in [-0.2, 0) is 14.4 Å². The monoisotopic (exact) mass is 417 g/mol. The summed E-state index contributed by atoms with van der Waals surface area (Å²) in [6, 6.07) is 4.80. The van der Waals surface area contributed by atoms with Crippen LogP contribution in [0.3, 0.4) is 0 Å². The van der Waals surface area contributed by atoms with E-state index >= 15 is 0 Å². The fourth-order valence-corrected chi connectivity index (χ4v) is 2.57. The molecule has 9 heteroatoms. The van der Waals surface area contributed by atoms with Gasteiger partial charge in [0.1, 0.15) is 0 Å². The van der Waals surface area contributed by atoms with E-state index in [1.165, 1.54) is 4.90 Å². The van der Waals surface area contributed by atoms with Gasteiger partial charge in [-0.15, -0.1) is 0 Å². The quantitative estimate of drug-likeness (QED) is 0.613. The molecule has 1 rings (SSSR count). The molecule has 0 aliphatic carbocycles. The number of carbonyl (C=O) groups is 3. The molecule has 1 atom stereocenters. The summed E-state index contributed by atoms with van der Waals surface area (Å²) in [5.74, 6) is -0.709. The Morgan fingerprint density at radius 3 is 2.26 bits per heavy atom. The summed E-state index contributed by atoms with van der Waals surface area (Å²) in [6.07, 6.45) is 0. The van der Waals surface area contributed by atoms with Crippen molar-refractivity contribution in [3.05, 3.63) is 28.2 Å². The highest BCUT2D eigenvalue weighted by atomic mass is 35.5. The van der Waals surface area contributed by atoms with Crippen LogP contribution in [0.2, 0.25) is 10.0 Å². The predicted molar refractivity (Wildman–Crippen MR) is 107 cm³/mol. The van der Waals surface area contributed by atoms with Crippen LogP contribution in [0, 0.1) is 0 Å². The molecule has 1 aromatic rings. The number of carbonyl (C=O) groups excluding carboxylic acids is 3. The molecule has 0 aromatic heterocycles. The van der Waals surface area contributed by atoms with E-state index in [2.05, 4.69) is 10.6 Å². The largest absolute Gasteiger partial charge is 0.350 e. The van der Waals surface area contributed by atoms with Gasteiger partial charge in [-0.2, -0.15) is 0 Å². The molecule has 0 spiro atoms. The van der Waals surface area contributed by atoms with Crippen LogP contribution in [0.1, 0.15) is 20.8 Å². The summed E-state index contributed by atoms with van der Waals surface area (Å²) in [5.41, 5.74) is 0.176. The van der Waals surface area contributed by atoms with E-state index in [0.29, 0.717) is 20.6 Å². The maximum atomic E-state index is 12.2. The van der Waals surface area contributed by atoms with Crippen molar-refractivity contribution < 1.29 is 19.3 Å². The van der Waals surface area contributed by atoms with Gasteiger partial charge in [0, 0.05) is 18.3 Å². The number of likely N-dealkylation sites (N-methyl/N-ethyl adjacent to an activating group) is 2. The van der Waals surface area contributed by atoms with Crippen LogP contribution in [-0.4, -0.2) is 61.9 Å². The van der Waals surface area contributed by atoms with E-state index in [-0.39, 0.29) is 42.9 Å². The molecule has 3 N–H and O–H groups in total. The van der Waals surface area contributed by atoms with Crippen LogP contribution in [0.5, 0.6) is 0 Å². The number of quaternary nitrogens is 1. The topological polar surface area (TPSA) is 83.0 Å². The average Bonchev–Trinajstić information content (AvgIpc) is 2.48. The van der Waals surface area contributed by atoms with Gasteiger partial charge in [0.15, 0.2) is 13.1 Å². The molecular weight excluding hydrogens is 391 g/mol. The number of amides is 3. The van der Waals surface area contributed by atoms with Crippen molar-refractivity contribution >= 4 is 46.6 Å². The van der Waals surface area contributed by atoms with E-state index in [0.717, 1.165) is 0 Å². The van der Waals surface area contributed by atoms with Crippen molar-refractivity contribution in [1.82, 2.24) is 10.2 Å². The Morgan fingerprint density at radius 2 is 1.70 bits per heavy atom. The fraction of sp³-hybridized carbons (Fsp3) is 0.500. The van der Waals surface area contributed by atoms with Gasteiger partial charge in [0.2, 0.25) is 5.91 Å². The number of nitrogens with zero attached hydrogens (tertiary/aromatic N) is 1. The third-order valence-electron chi connectivity index (χ3n) is 3.44. The van der Waals surface area contributed by atoms with Crippen molar-refractivity contribution in [2.45, 2.75) is 26.3 Å². The first-order chi connectivity index (χ1) is 12.4. The number of benzene rings is 1. The van der Waals surface area contributed by atoms with E-state index in [9.17, 15) is 14.4 Å². The number of halogens is 2. The molecule has 1 aromatic carbocycles. The Morgan fingerprint density at radius 1 is 1.07 bits per heavy atom. The lowest BCUT2D eigenvalue weighted by atomic mass is 10.1. The van der Waals surface area contributed by atoms with Gasteiger partial charge in [-0.05, 0) is 39.0 Å². The Labute approximate surface area is 170 Å². The first-order valence-corrected chi connectivity index (χ1v) is 9.24. The Balaban J connectivity index is 2.46. The minimum Gasteiger partial charge on any atom is -0.350 e. The van der Waals surface area contributed by atoms with Gasteiger partial charge < -0.3 is 20.4 Å². The summed E-state index contributed by atoms with van der Waals surface area (Å²) in [4.78, 5) is 38.3. The zero-order valence-electron chi connectivity index (χ0n) is 16.3. The first-order valence-electron chi connectivity index (χ1n) is 8.48. The first kappa shape index (κ1) is 23.2. The molecule has 3 amide bonds. The third kappa shape index (κ3) is 9.08. The number of rotatable bonds is 7. The Bertz CT molecular complexity index is 704. The molecule has 0 bridgehead atoms. The van der Waals surface area contributed by atoms with Gasteiger partial charge in [-0.1, -0.05) is 23.2 Å². The Kier molecular flexibility index (Phi) is 8.53. The molecule has 0 heterocycles. The molecule has 7 nitrogen and oxygen atoms in total. The molecule has 0 radical (unpaired) electrons.